The lowest BCUT2D eigenvalue weighted by Crippen LogP contribution is -2.13. The Morgan fingerprint density at radius 3 is 2.82 bits per heavy atom. The van der Waals surface area contributed by atoms with Crippen LogP contribution in [-0.2, 0) is 4.79 Å². The zero-order chi connectivity index (χ0) is 12.4. The first-order valence-corrected chi connectivity index (χ1v) is 5.15. The number of amides is 1. The van der Waals surface area contributed by atoms with E-state index in [1.165, 1.54) is 6.92 Å². The van der Waals surface area contributed by atoms with Crippen LogP contribution in [0.2, 0.25) is 0 Å². The average Bonchev–Trinajstić information content (AvgIpc) is 2.28. The molecule has 6 nitrogen and oxygen atoms in total. The van der Waals surface area contributed by atoms with Crippen molar-refractivity contribution in [3.8, 4) is 0 Å². The molecule has 2 aromatic heterocycles. The van der Waals surface area contributed by atoms with Gasteiger partial charge in [-0.25, -0.2) is 4.98 Å². The van der Waals surface area contributed by atoms with Gasteiger partial charge in [0.25, 0.3) is 0 Å². The van der Waals surface area contributed by atoms with Crippen LogP contribution in [-0.4, -0.2) is 35.2 Å². The summed E-state index contributed by atoms with van der Waals surface area (Å²) in [6.07, 6.45) is 1.57. The molecule has 0 atom stereocenters. The number of pyridine rings is 1. The van der Waals surface area contributed by atoms with Gasteiger partial charge in [0.15, 0.2) is 5.65 Å². The van der Waals surface area contributed by atoms with Crippen LogP contribution in [0.5, 0.6) is 0 Å². The minimum atomic E-state index is -0.126. The van der Waals surface area contributed by atoms with Crippen molar-refractivity contribution in [1.82, 2.24) is 15.2 Å². The minimum absolute atomic E-state index is 0.126. The lowest BCUT2D eigenvalue weighted by molar-refractivity contribution is -0.114. The molecule has 1 amide bonds. The Bertz CT molecular complexity index is 567. The molecule has 2 heterocycles. The van der Waals surface area contributed by atoms with Gasteiger partial charge in [-0.05, 0) is 6.07 Å². The summed E-state index contributed by atoms with van der Waals surface area (Å²) in [5.41, 5.74) is 1.21. The van der Waals surface area contributed by atoms with Crippen LogP contribution < -0.4 is 10.2 Å². The molecule has 0 saturated carbocycles. The number of anilines is 2. The van der Waals surface area contributed by atoms with Gasteiger partial charge in [-0.15, -0.1) is 5.10 Å². The van der Waals surface area contributed by atoms with Crippen LogP contribution in [0.4, 0.5) is 11.5 Å². The fourth-order valence-electron chi connectivity index (χ4n) is 1.49. The predicted octanol–water partition coefficient (Wildman–Crippen LogP) is 1.05. The smallest absolute Gasteiger partial charge is 0.221 e. The van der Waals surface area contributed by atoms with E-state index in [0.29, 0.717) is 11.3 Å². The second-order valence-corrected chi connectivity index (χ2v) is 3.87. The number of rotatable bonds is 2. The molecule has 0 radical (unpaired) electrons. The number of nitrogens with zero attached hydrogens (tertiary/aromatic N) is 4. The Kier molecular flexibility index (Phi) is 2.86. The number of carbonyl (C=O) groups excluding carboxylic acids is 1. The summed E-state index contributed by atoms with van der Waals surface area (Å²) in [5.74, 6) is 0.598. The highest BCUT2D eigenvalue weighted by Crippen LogP contribution is 2.24. The van der Waals surface area contributed by atoms with Crippen LogP contribution in [0.15, 0.2) is 18.3 Å². The molecule has 0 bridgehead atoms. The quantitative estimate of drug-likeness (QED) is 0.836. The van der Waals surface area contributed by atoms with E-state index in [0.717, 1.165) is 11.2 Å². The maximum atomic E-state index is 11.2. The summed E-state index contributed by atoms with van der Waals surface area (Å²) in [5, 5.41) is 11.3. The molecule has 0 aromatic carbocycles. The standard InChI is InChI=1S/C11H13N5O/c1-7(17)13-9-6-10(16(2)3)14-11-8(9)4-5-12-15-11/h4-6H,1-3H3,(H,13,14,15,17). The second kappa shape index (κ2) is 4.32. The fourth-order valence-corrected chi connectivity index (χ4v) is 1.49. The van der Waals surface area contributed by atoms with Crippen LogP contribution >= 0.6 is 0 Å². The van der Waals surface area contributed by atoms with Crippen molar-refractivity contribution < 1.29 is 4.79 Å². The topological polar surface area (TPSA) is 71.0 Å². The number of fused-ring (bicyclic) bond motifs is 1. The first-order chi connectivity index (χ1) is 8.08. The van der Waals surface area contributed by atoms with Crippen molar-refractivity contribution in [1.29, 1.82) is 0 Å². The molecular formula is C11H13N5O. The summed E-state index contributed by atoms with van der Waals surface area (Å²) in [6.45, 7) is 1.47. The van der Waals surface area contributed by atoms with Crippen molar-refractivity contribution in [3.63, 3.8) is 0 Å². The molecule has 0 aliphatic rings. The normalized spacial score (nSPS) is 10.3. The van der Waals surface area contributed by atoms with E-state index in [1.54, 1.807) is 12.3 Å². The van der Waals surface area contributed by atoms with Crippen molar-refractivity contribution in [3.05, 3.63) is 18.3 Å². The number of carbonyl (C=O) groups is 1. The Hall–Kier alpha value is -2.24. The molecule has 0 saturated heterocycles. The third-order valence-corrected chi connectivity index (χ3v) is 2.25. The zero-order valence-electron chi connectivity index (χ0n) is 9.93. The molecule has 1 N–H and O–H groups in total. The van der Waals surface area contributed by atoms with E-state index < -0.39 is 0 Å². The predicted molar refractivity (Wildman–Crippen MR) is 66.0 cm³/mol. The van der Waals surface area contributed by atoms with E-state index in [-0.39, 0.29) is 5.91 Å². The molecule has 0 unspecified atom stereocenters. The first kappa shape index (κ1) is 11.3. The molecule has 2 rings (SSSR count). The van der Waals surface area contributed by atoms with E-state index in [2.05, 4.69) is 20.5 Å². The fraction of sp³-hybridized carbons (Fsp3) is 0.273. The van der Waals surface area contributed by atoms with Gasteiger partial charge in [-0.2, -0.15) is 5.10 Å². The van der Waals surface area contributed by atoms with Gasteiger partial charge >= 0.3 is 0 Å². The van der Waals surface area contributed by atoms with E-state index in [1.807, 2.05) is 25.1 Å². The Morgan fingerprint density at radius 1 is 1.41 bits per heavy atom. The molecule has 6 heteroatoms. The highest BCUT2D eigenvalue weighted by molar-refractivity contribution is 5.99. The Balaban J connectivity index is 2.64. The van der Waals surface area contributed by atoms with Crippen LogP contribution in [0.3, 0.4) is 0 Å². The molecule has 0 spiro atoms. The highest BCUT2D eigenvalue weighted by atomic mass is 16.1. The van der Waals surface area contributed by atoms with Crippen molar-refractivity contribution in [2.45, 2.75) is 6.92 Å². The van der Waals surface area contributed by atoms with Gasteiger partial charge < -0.3 is 10.2 Å². The molecule has 0 fully saturated rings. The van der Waals surface area contributed by atoms with E-state index >= 15 is 0 Å². The third-order valence-electron chi connectivity index (χ3n) is 2.25. The van der Waals surface area contributed by atoms with E-state index in [4.69, 9.17) is 0 Å². The van der Waals surface area contributed by atoms with Gasteiger partial charge in [0.2, 0.25) is 5.91 Å². The van der Waals surface area contributed by atoms with Crippen LogP contribution in [0, 0.1) is 0 Å². The molecule has 17 heavy (non-hydrogen) atoms. The summed E-state index contributed by atoms with van der Waals surface area (Å²) in [6, 6.07) is 3.59. The van der Waals surface area contributed by atoms with Gasteiger partial charge in [0.1, 0.15) is 5.82 Å². The number of nitrogens with one attached hydrogen (secondary N) is 1. The number of hydrogen-bond donors (Lipinski definition) is 1. The second-order valence-electron chi connectivity index (χ2n) is 3.87. The minimum Gasteiger partial charge on any atom is -0.363 e. The highest BCUT2D eigenvalue weighted by Gasteiger charge is 2.09. The molecule has 0 aliphatic heterocycles. The SMILES string of the molecule is CC(=O)Nc1cc(N(C)C)nc2nnccc12. The van der Waals surface area contributed by atoms with Gasteiger partial charge in [0.05, 0.1) is 11.9 Å². The molecule has 2 aromatic rings. The van der Waals surface area contributed by atoms with Gasteiger partial charge in [-0.1, -0.05) is 0 Å². The molecular weight excluding hydrogens is 218 g/mol. The Labute approximate surface area is 98.7 Å². The van der Waals surface area contributed by atoms with Gasteiger partial charge in [0, 0.05) is 32.5 Å². The summed E-state index contributed by atoms with van der Waals surface area (Å²) < 4.78 is 0. The maximum absolute atomic E-state index is 11.2. The molecule has 0 aliphatic carbocycles. The van der Waals surface area contributed by atoms with Crippen LogP contribution in [0.1, 0.15) is 6.92 Å². The summed E-state index contributed by atoms with van der Waals surface area (Å²) in [4.78, 5) is 17.3. The number of aromatic nitrogens is 3. The Morgan fingerprint density at radius 2 is 2.18 bits per heavy atom. The largest absolute Gasteiger partial charge is 0.363 e. The van der Waals surface area contributed by atoms with E-state index in [9.17, 15) is 4.79 Å². The first-order valence-electron chi connectivity index (χ1n) is 5.15. The molecule has 88 valence electrons. The summed E-state index contributed by atoms with van der Waals surface area (Å²) >= 11 is 0. The number of hydrogen-bond acceptors (Lipinski definition) is 5. The van der Waals surface area contributed by atoms with Crippen molar-refractivity contribution in [2.24, 2.45) is 0 Å². The maximum Gasteiger partial charge on any atom is 0.221 e. The van der Waals surface area contributed by atoms with Crippen molar-refractivity contribution >= 4 is 28.4 Å². The summed E-state index contributed by atoms with van der Waals surface area (Å²) in [7, 11) is 3.75. The average molecular weight is 231 g/mol. The van der Waals surface area contributed by atoms with Gasteiger partial charge in [-0.3, -0.25) is 4.79 Å². The third kappa shape index (κ3) is 2.30. The van der Waals surface area contributed by atoms with Crippen LogP contribution in [0.25, 0.3) is 11.0 Å². The lowest BCUT2D eigenvalue weighted by atomic mass is 10.2. The zero-order valence-corrected chi connectivity index (χ0v) is 9.93. The monoisotopic (exact) mass is 231 g/mol. The van der Waals surface area contributed by atoms with Crippen molar-refractivity contribution in [2.75, 3.05) is 24.3 Å². The lowest BCUT2D eigenvalue weighted by Gasteiger charge is -2.14.